The van der Waals surface area contributed by atoms with Gasteiger partial charge < -0.3 is 5.73 Å². The van der Waals surface area contributed by atoms with Crippen molar-refractivity contribution in [2.45, 2.75) is 60.3 Å². The molecule has 0 saturated carbocycles. The molecule has 1 aliphatic rings. The van der Waals surface area contributed by atoms with Crippen LogP contribution < -0.4 is 5.73 Å². The van der Waals surface area contributed by atoms with Crippen LogP contribution >= 0.6 is 0 Å². The van der Waals surface area contributed by atoms with Gasteiger partial charge in [0.2, 0.25) is 0 Å². The maximum absolute atomic E-state index is 6.19. The zero-order chi connectivity index (χ0) is 12.7. The summed E-state index contributed by atoms with van der Waals surface area (Å²) < 4.78 is 0. The fourth-order valence-corrected chi connectivity index (χ4v) is 2.16. The second kappa shape index (κ2) is 7.32. The maximum Gasteiger partial charge on any atom is 0.0380 e. The van der Waals surface area contributed by atoms with E-state index in [1.807, 2.05) is 20.8 Å². The summed E-state index contributed by atoms with van der Waals surface area (Å²) in [5, 5.41) is 0. The minimum Gasteiger partial charge on any atom is -0.398 e. The van der Waals surface area contributed by atoms with E-state index >= 15 is 0 Å². The van der Waals surface area contributed by atoms with Crippen molar-refractivity contribution in [1.29, 1.82) is 0 Å². The van der Waals surface area contributed by atoms with Gasteiger partial charge in [0, 0.05) is 5.70 Å². The Balaban J connectivity index is 0.00000106. The monoisotopic (exact) mass is 221 g/mol. The minimum atomic E-state index is 0.984. The number of hydrogen-bond acceptors (Lipinski definition) is 1. The third-order valence-corrected chi connectivity index (χ3v) is 3.01. The van der Waals surface area contributed by atoms with Gasteiger partial charge in [-0.3, -0.25) is 0 Å². The lowest BCUT2D eigenvalue weighted by Crippen LogP contribution is -2.06. The lowest BCUT2D eigenvalue weighted by atomic mass is 9.98. The van der Waals surface area contributed by atoms with Crippen LogP contribution in [0.25, 0.3) is 0 Å². The summed E-state index contributed by atoms with van der Waals surface area (Å²) in [6, 6.07) is 0. The van der Waals surface area contributed by atoms with E-state index in [0.29, 0.717) is 0 Å². The Bertz CT molecular complexity index is 305. The van der Waals surface area contributed by atoms with Crippen LogP contribution in [0.2, 0.25) is 0 Å². The quantitative estimate of drug-likeness (QED) is 0.686. The molecule has 0 bridgehead atoms. The molecule has 0 aromatic carbocycles. The summed E-state index contributed by atoms with van der Waals surface area (Å²) in [6.07, 6.45) is 4.60. The highest BCUT2D eigenvalue weighted by atomic mass is 14.6. The van der Waals surface area contributed by atoms with Crippen LogP contribution in [0.3, 0.4) is 0 Å². The molecular formula is C15H27N. The molecule has 1 nitrogen and oxygen atoms in total. The second-order valence-corrected chi connectivity index (χ2v) is 4.14. The highest BCUT2D eigenvalue weighted by Gasteiger charge is 2.15. The molecule has 0 unspecified atom stereocenters. The number of hydrogen-bond donors (Lipinski definition) is 1. The first-order valence-corrected chi connectivity index (χ1v) is 6.41. The van der Waals surface area contributed by atoms with E-state index in [9.17, 15) is 0 Å². The first-order chi connectivity index (χ1) is 7.57. The molecule has 1 heteroatoms. The van der Waals surface area contributed by atoms with Crippen LogP contribution in [0.1, 0.15) is 60.3 Å². The molecular weight excluding hydrogens is 194 g/mol. The summed E-state index contributed by atoms with van der Waals surface area (Å²) in [5.74, 6) is 0. The predicted molar refractivity (Wildman–Crippen MR) is 74.2 cm³/mol. The first kappa shape index (κ1) is 15.0. The summed E-state index contributed by atoms with van der Waals surface area (Å²) >= 11 is 0. The SMILES string of the molecule is C=C(C)/C(CC)=C(/N)C1=C(C)CCC1.CC. The van der Waals surface area contributed by atoms with Gasteiger partial charge in [0.1, 0.15) is 0 Å². The van der Waals surface area contributed by atoms with E-state index in [2.05, 4.69) is 20.4 Å². The topological polar surface area (TPSA) is 26.0 Å². The molecule has 0 aliphatic heterocycles. The molecule has 92 valence electrons. The zero-order valence-corrected chi connectivity index (χ0v) is 11.6. The van der Waals surface area contributed by atoms with Crippen LogP contribution in [0.4, 0.5) is 0 Å². The van der Waals surface area contributed by atoms with E-state index in [4.69, 9.17) is 5.73 Å². The second-order valence-electron chi connectivity index (χ2n) is 4.14. The fourth-order valence-electron chi connectivity index (χ4n) is 2.16. The van der Waals surface area contributed by atoms with Gasteiger partial charge in [-0.1, -0.05) is 38.5 Å². The molecule has 0 atom stereocenters. The lowest BCUT2D eigenvalue weighted by molar-refractivity contribution is 0.890. The summed E-state index contributed by atoms with van der Waals surface area (Å²) in [4.78, 5) is 0. The van der Waals surface area contributed by atoms with Crippen molar-refractivity contribution >= 4 is 0 Å². The average Bonchev–Trinajstić information content (AvgIpc) is 2.67. The lowest BCUT2D eigenvalue weighted by Gasteiger charge is -2.12. The van der Waals surface area contributed by atoms with Gasteiger partial charge in [-0.25, -0.2) is 0 Å². The van der Waals surface area contributed by atoms with Crippen molar-refractivity contribution in [3.8, 4) is 0 Å². The van der Waals surface area contributed by atoms with Crippen molar-refractivity contribution in [1.82, 2.24) is 0 Å². The van der Waals surface area contributed by atoms with Crippen LogP contribution in [0.5, 0.6) is 0 Å². The van der Waals surface area contributed by atoms with Gasteiger partial charge in [-0.2, -0.15) is 0 Å². The summed E-state index contributed by atoms with van der Waals surface area (Å²) in [6.45, 7) is 14.4. The first-order valence-electron chi connectivity index (χ1n) is 6.41. The highest BCUT2D eigenvalue weighted by Crippen LogP contribution is 2.31. The number of rotatable bonds is 3. The predicted octanol–water partition coefficient (Wildman–Crippen LogP) is 4.71. The molecule has 2 N–H and O–H groups in total. The van der Waals surface area contributed by atoms with Crippen molar-refractivity contribution in [2.75, 3.05) is 0 Å². The molecule has 1 aliphatic carbocycles. The smallest absolute Gasteiger partial charge is 0.0380 e. The van der Waals surface area contributed by atoms with Gasteiger partial charge in [-0.05, 0) is 50.7 Å². The molecule has 0 spiro atoms. The Morgan fingerprint density at radius 1 is 1.31 bits per heavy atom. The molecule has 0 saturated heterocycles. The van der Waals surface area contributed by atoms with E-state index in [0.717, 1.165) is 24.1 Å². The third-order valence-electron chi connectivity index (χ3n) is 3.01. The van der Waals surface area contributed by atoms with E-state index < -0.39 is 0 Å². The largest absolute Gasteiger partial charge is 0.398 e. The van der Waals surface area contributed by atoms with Gasteiger partial charge in [0.25, 0.3) is 0 Å². The average molecular weight is 221 g/mol. The van der Waals surface area contributed by atoms with E-state index in [1.54, 1.807) is 0 Å². The Morgan fingerprint density at radius 2 is 1.88 bits per heavy atom. The van der Waals surface area contributed by atoms with Gasteiger partial charge in [0.05, 0.1) is 0 Å². The van der Waals surface area contributed by atoms with E-state index in [1.165, 1.54) is 29.6 Å². The number of allylic oxidation sites excluding steroid dienone is 4. The zero-order valence-electron chi connectivity index (χ0n) is 11.6. The summed E-state index contributed by atoms with van der Waals surface area (Å²) in [5.41, 5.74) is 12.4. The molecule has 1 rings (SSSR count). The standard InChI is InChI=1S/C13H21N.C2H6/c1-5-11(9(2)3)13(14)12-8-6-7-10(12)4;1-2/h2,5-8,14H2,1,3-4H3;1-2H3/b13-11+;. The molecule has 0 heterocycles. The Hall–Kier alpha value is -0.980. The number of nitrogens with two attached hydrogens (primary N) is 1. The molecule has 16 heavy (non-hydrogen) atoms. The van der Waals surface area contributed by atoms with Gasteiger partial charge in [-0.15, -0.1) is 0 Å². The molecule has 0 fully saturated rings. The Morgan fingerprint density at radius 3 is 2.19 bits per heavy atom. The summed E-state index contributed by atoms with van der Waals surface area (Å²) in [7, 11) is 0. The Labute approximate surface area is 101 Å². The normalized spacial score (nSPS) is 16.6. The molecule has 0 aromatic rings. The molecule has 0 radical (unpaired) electrons. The fraction of sp³-hybridized carbons (Fsp3) is 0.600. The van der Waals surface area contributed by atoms with Crippen molar-refractivity contribution in [3.05, 3.63) is 34.6 Å². The van der Waals surface area contributed by atoms with Crippen LogP contribution in [0.15, 0.2) is 34.6 Å². The van der Waals surface area contributed by atoms with Crippen LogP contribution in [-0.4, -0.2) is 0 Å². The molecule has 0 aromatic heterocycles. The van der Waals surface area contributed by atoms with Crippen LogP contribution in [-0.2, 0) is 0 Å². The van der Waals surface area contributed by atoms with Crippen molar-refractivity contribution in [3.63, 3.8) is 0 Å². The van der Waals surface area contributed by atoms with Gasteiger partial charge >= 0.3 is 0 Å². The van der Waals surface area contributed by atoms with Crippen molar-refractivity contribution in [2.24, 2.45) is 5.73 Å². The van der Waals surface area contributed by atoms with Crippen LogP contribution in [0, 0.1) is 0 Å². The maximum atomic E-state index is 6.19. The van der Waals surface area contributed by atoms with Gasteiger partial charge in [0.15, 0.2) is 0 Å². The molecule has 0 amide bonds. The Kier molecular flexibility index (Phi) is 6.87. The van der Waals surface area contributed by atoms with Crippen molar-refractivity contribution < 1.29 is 0 Å². The van der Waals surface area contributed by atoms with E-state index in [-0.39, 0.29) is 0 Å². The third kappa shape index (κ3) is 3.55. The highest BCUT2D eigenvalue weighted by molar-refractivity contribution is 5.44. The minimum absolute atomic E-state index is 0.984.